The van der Waals surface area contributed by atoms with Gasteiger partial charge < -0.3 is 30.2 Å². The van der Waals surface area contributed by atoms with Gasteiger partial charge in [-0.25, -0.2) is 0 Å². The fraction of sp³-hybridized carbons (Fsp3) is 0.421. The van der Waals surface area contributed by atoms with Gasteiger partial charge in [0.25, 0.3) is 0 Å². The van der Waals surface area contributed by atoms with Crippen LogP contribution in [0.1, 0.15) is 71.1 Å². The van der Waals surface area contributed by atoms with Gasteiger partial charge in [-0.3, -0.25) is 9.59 Å². The summed E-state index contributed by atoms with van der Waals surface area (Å²) in [7, 11) is 1.57. The molecular formula is C38H46BrCl2N3O5. The molecule has 3 N–H and O–H groups in total. The van der Waals surface area contributed by atoms with Crippen LogP contribution in [-0.2, 0) is 22.6 Å². The molecule has 0 saturated carbocycles. The first-order valence-corrected chi connectivity index (χ1v) is 17.9. The Bertz CT molecular complexity index is 1620. The maximum atomic E-state index is 13.8. The number of halogens is 3. The number of carbonyl (C=O) groups is 2. The van der Waals surface area contributed by atoms with Crippen LogP contribution in [0.2, 0.25) is 10.0 Å². The summed E-state index contributed by atoms with van der Waals surface area (Å²) in [4.78, 5) is 27.1. The highest BCUT2D eigenvalue weighted by molar-refractivity contribution is 9.10. The Hall–Kier alpha value is -3.24. The minimum absolute atomic E-state index is 0.0429. The molecule has 1 heterocycles. The molecule has 8 nitrogen and oxygen atoms in total. The molecule has 264 valence electrons. The molecule has 1 aliphatic rings. The smallest absolute Gasteiger partial charge is 0.244 e. The molecule has 49 heavy (non-hydrogen) atoms. The predicted octanol–water partition coefficient (Wildman–Crippen LogP) is 8.30. The normalized spacial score (nSPS) is 16.3. The van der Waals surface area contributed by atoms with Crippen molar-refractivity contribution in [3.05, 3.63) is 91.9 Å². The number of hydrogen-bond acceptors (Lipinski definition) is 6. The number of carbonyl (C=O) groups excluding carboxylic acids is 2. The van der Waals surface area contributed by atoms with Crippen molar-refractivity contribution in [2.75, 3.05) is 7.11 Å². The number of methoxy groups -OCH3 is 1. The first-order valence-electron chi connectivity index (χ1n) is 16.3. The number of piperidine rings is 1. The molecule has 0 aromatic heterocycles. The maximum Gasteiger partial charge on any atom is 0.244 e. The fourth-order valence-electron chi connectivity index (χ4n) is 6.30. The average Bonchev–Trinajstić information content (AvgIpc) is 2.99. The lowest BCUT2D eigenvalue weighted by atomic mass is 9.79. The summed E-state index contributed by atoms with van der Waals surface area (Å²) >= 11 is 16.1. The highest BCUT2D eigenvalue weighted by Crippen LogP contribution is 2.38. The van der Waals surface area contributed by atoms with E-state index in [1.807, 2.05) is 44.2 Å². The Morgan fingerprint density at radius 3 is 2.24 bits per heavy atom. The predicted molar refractivity (Wildman–Crippen MR) is 201 cm³/mol. The van der Waals surface area contributed by atoms with Crippen molar-refractivity contribution in [2.45, 2.75) is 96.7 Å². The molecule has 0 aliphatic carbocycles. The van der Waals surface area contributed by atoms with Crippen LogP contribution >= 0.6 is 39.1 Å². The second kappa shape index (κ2) is 16.6. The van der Waals surface area contributed by atoms with E-state index in [2.05, 4.69) is 59.6 Å². The summed E-state index contributed by atoms with van der Waals surface area (Å²) < 4.78 is 18.0. The third kappa shape index (κ3) is 11.4. The molecule has 1 aliphatic heterocycles. The van der Waals surface area contributed by atoms with Gasteiger partial charge in [-0.2, -0.15) is 0 Å². The lowest BCUT2D eigenvalue weighted by molar-refractivity contribution is -0.128. The van der Waals surface area contributed by atoms with E-state index in [1.165, 1.54) is 6.08 Å². The van der Waals surface area contributed by atoms with Crippen molar-refractivity contribution in [1.29, 1.82) is 0 Å². The van der Waals surface area contributed by atoms with E-state index in [4.69, 9.17) is 37.4 Å². The third-order valence-corrected chi connectivity index (χ3v) is 9.31. The fourth-order valence-corrected chi connectivity index (χ4v) is 7.36. The zero-order valence-electron chi connectivity index (χ0n) is 29.1. The second-order valence-corrected chi connectivity index (χ2v) is 15.6. The van der Waals surface area contributed by atoms with Gasteiger partial charge in [0.2, 0.25) is 11.8 Å². The number of ether oxygens (including phenoxy) is 3. The monoisotopic (exact) mass is 773 g/mol. The van der Waals surface area contributed by atoms with Crippen LogP contribution in [-0.4, -0.2) is 48.2 Å². The third-order valence-electron chi connectivity index (χ3n) is 8.01. The van der Waals surface area contributed by atoms with Gasteiger partial charge in [0.05, 0.1) is 17.7 Å². The van der Waals surface area contributed by atoms with Crippen LogP contribution in [0.4, 0.5) is 0 Å². The van der Waals surface area contributed by atoms with E-state index in [9.17, 15) is 9.59 Å². The Morgan fingerprint density at radius 2 is 1.65 bits per heavy atom. The molecule has 0 radical (unpaired) electrons. The first kappa shape index (κ1) is 38.6. The number of amides is 2. The van der Waals surface area contributed by atoms with Crippen LogP contribution < -0.4 is 30.2 Å². The molecule has 1 fully saturated rings. The van der Waals surface area contributed by atoms with Crippen LogP contribution in [0.5, 0.6) is 17.2 Å². The summed E-state index contributed by atoms with van der Waals surface area (Å²) in [5, 5.41) is 10.9. The van der Waals surface area contributed by atoms with Crippen LogP contribution in [0.25, 0.3) is 6.08 Å². The standard InChI is InChI=1S/C38H46BrCl2N3O5/c1-23(2)49-35-29(39)17-25(19-33(35)47-7)13-16-34(45)43-32(36(46)42-26-20-37(3,4)44-38(5,6)21-26)18-24-11-14-27(15-12-24)48-22-28-30(40)9-8-10-31(28)41/h8-17,19,23,26,32,44H,18,20-22H2,1-7H3,(H,42,46)(H,43,45)/b16-13+. The number of rotatable bonds is 13. The maximum absolute atomic E-state index is 13.8. The Balaban J connectivity index is 1.50. The lowest BCUT2D eigenvalue weighted by Crippen LogP contribution is -2.63. The summed E-state index contributed by atoms with van der Waals surface area (Å²) in [6, 6.07) is 15.5. The van der Waals surface area contributed by atoms with E-state index in [-0.39, 0.29) is 42.2 Å². The van der Waals surface area contributed by atoms with Crippen molar-refractivity contribution >= 4 is 57.0 Å². The first-order chi connectivity index (χ1) is 23.0. The zero-order chi connectivity index (χ0) is 35.9. The van der Waals surface area contributed by atoms with E-state index in [0.717, 1.165) is 24.0 Å². The minimum atomic E-state index is -0.824. The number of nitrogens with one attached hydrogen (secondary N) is 3. The van der Waals surface area contributed by atoms with E-state index >= 15 is 0 Å². The Morgan fingerprint density at radius 1 is 1.02 bits per heavy atom. The largest absolute Gasteiger partial charge is 0.493 e. The molecule has 2 amide bonds. The van der Waals surface area contributed by atoms with E-state index in [1.54, 1.807) is 37.5 Å². The Kier molecular flexibility index (Phi) is 13.1. The van der Waals surface area contributed by atoms with Crippen LogP contribution in [0, 0.1) is 0 Å². The topological polar surface area (TPSA) is 97.9 Å². The van der Waals surface area contributed by atoms with Crippen molar-refractivity contribution in [2.24, 2.45) is 0 Å². The quantitative estimate of drug-likeness (QED) is 0.151. The minimum Gasteiger partial charge on any atom is -0.493 e. The summed E-state index contributed by atoms with van der Waals surface area (Å²) in [6.45, 7) is 12.6. The summed E-state index contributed by atoms with van der Waals surface area (Å²) in [5.74, 6) is 1.10. The van der Waals surface area contributed by atoms with Gasteiger partial charge in [-0.15, -0.1) is 0 Å². The molecule has 1 atom stereocenters. The molecule has 11 heteroatoms. The molecule has 0 bridgehead atoms. The molecule has 0 spiro atoms. The SMILES string of the molecule is COc1cc(/C=C/C(=O)NC(Cc2ccc(OCc3c(Cl)cccc3Cl)cc2)C(=O)NC2CC(C)(C)NC(C)(C)C2)cc(Br)c1OC(C)C. The molecule has 1 unspecified atom stereocenters. The zero-order valence-corrected chi connectivity index (χ0v) is 32.2. The molecular weight excluding hydrogens is 729 g/mol. The summed E-state index contributed by atoms with van der Waals surface area (Å²) in [5.41, 5.74) is 1.97. The van der Waals surface area contributed by atoms with E-state index in [0.29, 0.717) is 37.3 Å². The summed E-state index contributed by atoms with van der Waals surface area (Å²) in [6.07, 6.45) is 4.85. The highest BCUT2D eigenvalue weighted by Gasteiger charge is 2.39. The lowest BCUT2D eigenvalue weighted by Gasteiger charge is -2.46. The van der Waals surface area contributed by atoms with Crippen molar-refractivity contribution in [3.8, 4) is 17.2 Å². The van der Waals surface area contributed by atoms with Gasteiger partial charge in [0.1, 0.15) is 18.4 Å². The van der Waals surface area contributed by atoms with Gasteiger partial charge in [-0.05, 0) is 124 Å². The molecule has 3 aromatic rings. The van der Waals surface area contributed by atoms with Gasteiger partial charge in [0, 0.05) is 45.2 Å². The van der Waals surface area contributed by atoms with Crippen LogP contribution in [0.3, 0.4) is 0 Å². The Labute approximate surface area is 308 Å². The molecule has 4 rings (SSSR count). The number of benzene rings is 3. The van der Waals surface area contributed by atoms with Gasteiger partial charge in [-0.1, -0.05) is 41.4 Å². The van der Waals surface area contributed by atoms with E-state index < -0.39 is 11.9 Å². The van der Waals surface area contributed by atoms with Crippen molar-refractivity contribution < 1.29 is 23.8 Å². The highest BCUT2D eigenvalue weighted by atomic mass is 79.9. The van der Waals surface area contributed by atoms with Crippen molar-refractivity contribution in [1.82, 2.24) is 16.0 Å². The average molecular weight is 776 g/mol. The van der Waals surface area contributed by atoms with Crippen LogP contribution in [0.15, 0.2) is 65.1 Å². The van der Waals surface area contributed by atoms with Gasteiger partial charge in [0.15, 0.2) is 11.5 Å². The molecule has 3 aromatic carbocycles. The molecule has 1 saturated heterocycles. The van der Waals surface area contributed by atoms with Gasteiger partial charge >= 0.3 is 0 Å². The number of hydrogen-bond donors (Lipinski definition) is 3. The van der Waals surface area contributed by atoms with Crippen molar-refractivity contribution in [3.63, 3.8) is 0 Å². The second-order valence-electron chi connectivity index (χ2n) is 13.9.